The van der Waals surface area contributed by atoms with Gasteiger partial charge >= 0.3 is 0 Å². The molecule has 86 valence electrons. The van der Waals surface area contributed by atoms with E-state index in [0.717, 1.165) is 5.57 Å². The molecule has 4 heteroatoms. The van der Waals surface area contributed by atoms with E-state index < -0.39 is 5.60 Å². The van der Waals surface area contributed by atoms with E-state index in [1.807, 2.05) is 26.8 Å². The third kappa shape index (κ3) is 1.77. The van der Waals surface area contributed by atoms with Gasteiger partial charge in [-0.05, 0) is 25.3 Å². The highest BCUT2D eigenvalue weighted by atomic mass is 16.5. The molecule has 1 aliphatic heterocycles. The molecule has 0 aliphatic carbocycles. The highest BCUT2D eigenvalue weighted by Crippen LogP contribution is 2.43. The summed E-state index contributed by atoms with van der Waals surface area (Å²) in [5, 5.41) is 26.8. The lowest BCUT2D eigenvalue weighted by atomic mass is 9.88. The SMILES string of the molecule is CCC1(CC)OC(=C(C#N)C#N)C(C#N)=C1C. The fourth-order valence-electron chi connectivity index (χ4n) is 2.08. The van der Waals surface area contributed by atoms with Crippen molar-refractivity contribution in [2.24, 2.45) is 0 Å². The second-order valence-electron chi connectivity index (χ2n) is 3.84. The summed E-state index contributed by atoms with van der Waals surface area (Å²) in [4.78, 5) is 0. The molecule has 0 bridgehead atoms. The number of allylic oxidation sites excluding steroid dienone is 2. The zero-order valence-electron chi connectivity index (χ0n) is 10.2. The summed E-state index contributed by atoms with van der Waals surface area (Å²) >= 11 is 0. The van der Waals surface area contributed by atoms with Gasteiger partial charge in [-0.15, -0.1) is 0 Å². The summed E-state index contributed by atoms with van der Waals surface area (Å²) in [6.07, 6.45) is 1.41. The van der Waals surface area contributed by atoms with Crippen LogP contribution in [0, 0.1) is 34.0 Å². The Balaban J connectivity index is 3.49. The molecule has 0 spiro atoms. The normalized spacial score (nSPS) is 16.8. The van der Waals surface area contributed by atoms with Crippen LogP contribution in [-0.4, -0.2) is 5.60 Å². The van der Waals surface area contributed by atoms with Crippen molar-refractivity contribution in [2.75, 3.05) is 0 Å². The lowest BCUT2D eigenvalue weighted by molar-refractivity contribution is 0.0498. The molecule has 4 nitrogen and oxygen atoms in total. The van der Waals surface area contributed by atoms with E-state index in [4.69, 9.17) is 20.5 Å². The number of nitriles is 3. The third-order valence-electron chi connectivity index (χ3n) is 3.29. The van der Waals surface area contributed by atoms with Gasteiger partial charge in [0, 0.05) is 0 Å². The summed E-state index contributed by atoms with van der Waals surface area (Å²) in [6, 6.07) is 5.58. The lowest BCUT2D eigenvalue weighted by Crippen LogP contribution is -2.28. The highest BCUT2D eigenvalue weighted by molar-refractivity contribution is 5.57. The minimum absolute atomic E-state index is 0.135. The summed E-state index contributed by atoms with van der Waals surface area (Å²) in [5.41, 5.74) is 0.457. The van der Waals surface area contributed by atoms with Crippen molar-refractivity contribution in [1.29, 1.82) is 15.8 Å². The molecule has 0 aromatic carbocycles. The smallest absolute Gasteiger partial charge is 0.172 e. The number of rotatable bonds is 2. The zero-order valence-corrected chi connectivity index (χ0v) is 10.2. The molecular weight excluding hydrogens is 214 g/mol. The first-order valence-corrected chi connectivity index (χ1v) is 5.45. The summed E-state index contributed by atoms with van der Waals surface area (Å²) < 4.78 is 5.75. The van der Waals surface area contributed by atoms with Crippen LogP contribution in [0.4, 0.5) is 0 Å². The van der Waals surface area contributed by atoms with Crippen LogP contribution in [0.3, 0.4) is 0 Å². The molecule has 0 amide bonds. The van der Waals surface area contributed by atoms with Crippen LogP contribution < -0.4 is 0 Å². The Bertz CT molecular complexity index is 500. The average molecular weight is 227 g/mol. The number of hydrogen-bond donors (Lipinski definition) is 0. The molecule has 0 saturated heterocycles. The molecule has 0 atom stereocenters. The zero-order chi connectivity index (χ0) is 13.1. The van der Waals surface area contributed by atoms with Crippen LogP contribution >= 0.6 is 0 Å². The Kier molecular flexibility index (Phi) is 3.56. The third-order valence-corrected chi connectivity index (χ3v) is 3.29. The maximum Gasteiger partial charge on any atom is 0.172 e. The number of ether oxygens (including phenoxy) is 1. The van der Waals surface area contributed by atoms with Crippen LogP contribution in [0.1, 0.15) is 33.6 Å². The molecule has 0 saturated carbocycles. The molecule has 1 heterocycles. The quantitative estimate of drug-likeness (QED) is 0.679. The van der Waals surface area contributed by atoms with Gasteiger partial charge in [0.1, 0.15) is 23.8 Å². The van der Waals surface area contributed by atoms with Crippen molar-refractivity contribution in [1.82, 2.24) is 0 Å². The summed E-state index contributed by atoms with van der Waals surface area (Å²) in [6.45, 7) is 5.75. The predicted octanol–water partition coefficient (Wildman–Crippen LogP) is 2.72. The minimum atomic E-state index is -0.542. The van der Waals surface area contributed by atoms with Crippen LogP contribution in [-0.2, 0) is 4.74 Å². The highest BCUT2D eigenvalue weighted by Gasteiger charge is 2.42. The number of hydrogen-bond acceptors (Lipinski definition) is 4. The van der Waals surface area contributed by atoms with E-state index in [1.165, 1.54) is 0 Å². The van der Waals surface area contributed by atoms with Crippen LogP contribution in [0.5, 0.6) is 0 Å². The van der Waals surface area contributed by atoms with Gasteiger partial charge in [-0.3, -0.25) is 0 Å². The van der Waals surface area contributed by atoms with E-state index in [-0.39, 0.29) is 11.3 Å². The van der Waals surface area contributed by atoms with Gasteiger partial charge in [0.05, 0.1) is 5.57 Å². The van der Waals surface area contributed by atoms with Crippen molar-refractivity contribution >= 4 is 0 Å². The fraction of sp³-hybridized carbons (Fsp3) is 0.462. The van der Waals surface area contributed by atoms with Crippen molar-refractivity contribution in [3.05, 3.63) is 22.5 Å². The molecule has 0 radical (unpaired) electrons. The van der Waals surface area contributed by atoms with Gasteiger partial charge in [0.2, 0.25) is 0 Å². The molecule has 17 heavy (non-hydrogen) atoms. The fourth-order valence-corrected chi connectivity index (χ4v) is 2.08. The van der Waals surface area contributed by atoms with Crippen LogP contribution in [0.25, 0.3) is 0 Å². The molecule has 0 aromatic heterocycles. The van der Waals surface area contributed by atoms with Gasteiger partial charge in [-0.25, -0.2) is 0 Å². The maximum absolute atomic E-state index is 9.13. The maximum atomic E-state index is 9.13. The van der Waals surface area contributed by atoms with E-state index in [9.17, 15) is 0 Å². The second-order valence-corrected chi connectivity index (χ2v) is 3.84. The first-order valence-electron chi connectivity index (χ1n) is 5.45. The average Bonchev–Trinajstić information content (AvgIpc) is 2.64. The Morgan fingerprint density at radius 1 is 1.18 bits per heavy atom. The summed E-state index contributed by atoms with van der Waals surface area (Å²) in [7, 11) is 0. The number of nitrogens with zero attached hydrogens (tertiary/aromatic N) is 3. The van der Waals surface area contributed by atoms with Crippen molar-refractivity contribution in [3.63, 3.8) is 0 Å². The first kappa shape index (κ1) is 12.8. The van der Waals surface area contributed by atoms with Crippen molar-refractivity contribution in [2.45, 2.75) is 39.2 Å². The van der Waals surface area contributed by atoms with Gasteiger partial charge in [0.15, 0.2) is 11.3 Å². The van der Waals surface area contributed by atoms with Gasteiger partial charge in [-0.1, -0.05) is 13.8 Å². The van der Waals surface area contributed by atoms with E-state index in [0.29, 0.717) is 18.4 Å². The molecule has 1 aliphatic rings. The van der Waals surface area contributed by atoms with Crippen LogP contribution in [0.2, 0.25) is 0 Å². The van der Waals surface area contributed by atoms with E-state index >= 15 is 0 Å². The predicted molar refractivity (Wildman–Crippen MR) is 61.0 cm³/mol. The molecule has 0 N–H and O–H groups in total. The van der Waals surface area contributed by atoms with Gasteiger partial charge in [-0.2, -0.15) is 15.8 Å². The lowest BCUT2D eigenvalue weighted by Gasteiger charge is -2.28. The topological polar surface area (TPSA) is 80.6 Å². The first-order chi connectivity index (χ1) is 8.10. The monoisotopic (exact) mass is 227 g/mol. The second kappa shape index (κ2) is 4.73. The van der Waals surface area contributed by atoms with Crippen molar-refractivity contribution < 1.29 is 4.74 Å². The Labute approximate surface area is 101 Å². The largest absolute Gasteiger partial charge is 0.479 e. The van der Waals surface area contributed by atoms with Gasteiger partial charge < -0.3 is 4.74 Å². The standard InChI is InChI=1S/C13H13N3O/c1-4-13(5-2)9(3)11(8-16)12(17-13)10(6-14)7-15/h4-5H2,1-3H3. The molecule has 1 rings (SSSR count). The Morgan fingerprint density at radius 3 is 2.06 bits per heavy atom. The minimum Gasteiger partial charge on any atom is -0.479 e. The van der Waals surface area contributed by atoms with Gasteiger partial charge in [0.25, 0.3) is 0 Å². The van der Waals surface area contributed by atoms with Crippen LogP contribution in [0.15, 0.2) is 22.5 Å². The summed E-state index contributed by atoms with van der Waals surface area (Å²) in [5.74, 6) is 0.138. The molecular formula is C13H13N3O. The van der Waals surface area contributed by atoms with E-state index in [1.54, 1.807) is 12.1 Å². The molecule has 0 unspecified atom stereocenters. The molecule has 0 aromatic rings. The molecule has 0 fully saturated rings. The van der Waals surface area contributed by atoms with Crippen molar-refractivity contribution in [3.8, 4) is 18.2 Å². The Morgan fingerprint density at radius 2 is 1.71 bits per heavy atom. The van der Waals surface area contributed by atoms with E-state index in [2.05, 4.69) is 0 Å². The Hall–Kier alpha value is -2.25.